The van der Waals surface area contributed by atoms with E-state index in [0.717, 1.165) is 34.1 Å². The number of hydroxylamine groups is 1. The Morgan fingerprint density at radius 3 is 2.41 bits per heavy atom. The smallest absolute Gasteiger partial charge is 0.160 e. The molecule has 0 radical (unpaired) electrons. The first-order valence-corrected chi connectivity index (χ1v) is 7.70. The lowest BCUT2D eigenvalue weighted by Crippen LogP contribution is -3.02. The van der Waals surface area contributed by atoms with E-state index in [4.69, 9.17) is 4.74 Å². The molecule has 1 N–H and O–H groups in total. The van der Waals surface area contributed by atoms with Gasteiger partial charge in [-0.05, 0) is 63.6 Å². The Kier molecular flexibility index (Phi) is 3.81. The molecule has 1 aliphatic heterocycles. The quantitative estimate of drug-likeness (QED) is 0.885. The van der Waals surface area contributed by atoms with Crippen LogP contribution in [-0.2, 0) is 0 Å². The molecule has 1 unspecified atom stereocenters. The average Bonchev–Trinajstić information content (AvgIpc) is 2.77. The van der Waals surface area contributed by atoms with Gasteiger partial charge < -0.3 is 19.6 Å². The highest BCUT2D eigenvalue weighted by molar-refractivity contribution is 5.77. The van der Waals surface area contributed by atoms with E-state index in [1.807, 2.05) is 44.2 Å². The fraction of sp³-hybridized carbons (Fsp3) is 0.333. The predicted octanol–water partition coefficient (Wildman–Crippen LogP) is 2.92. The summed E-state index contributed by atoms with van der Waals surface area (Å²) in [4.78, 5) is 0. The van der Waals surface area contributed by atoms with Gasteiger partial charge in [-0.3, -0.25) is 0 Å². The van der Waals surface area contributed by atoms with E-state index in [2.05, 4.69) is 18.4 Å². The molecule has 0 fully saturated rings. The van der Waals surface area contributed by atoms with Crippen LogP contribution < -0.4 is 9.80 Å². The predicted molar refractivity (Wildman–Crippen MR) is 88.9 cm³/mol. The van der Waals surface area contributed by atoms with Crippen LogP contribution in [0.15, 0.2) is 30.3 Å². The molecule has 2 aromatic rings. The van der Waals surface area contributed by atoms with Crippen molar-refractivity contribution in [1.29, 1.82) is 0 Å². The average molecular weight is 298 g/mol. The van der Waals surface area contributed by atoms with Gasteiger partial charge in [0.15, 0.2) is 5.69 Å². The molecule has 1 aliphatic rings. The Labute approximate surface area is 131 Å². The molecule has 22 heavy (non-hydrogen) atoms. The maximum Gasteiger partial charge on any atom is 0.160 e. The van der Waals surface area contributed by atoms with Crippen molar-refractivity contribution in [3.8, 4) is 11.4 Å². The van der Waals surface area contributed by atoms with E-state index in [1.165, 1.54) is 5.57 Å². The summed E-state index contributed by atoms with van der Waals surface area (Å²) in [6, 6.07) is 8.03. The second kappa shape index (κ2) is 5.63. The van der Waals surface area contributed by atoms with Crippen LogP contribution in [0.5, 0.6) is 5.75 Å². The molecule has 0 saturated heterocycles. The number of nitrogens with one attached hydrogen (secondary N) is 1. The summed E-state index contributed by atoms with van der Waals surface area (Å²) in [7, 11) is 0. The highest BCUT2D eigenvalue weighted by atomic mass is 16.5. The number of ether oxygens (including phenoxy) is 1. The molecule has 116 valence electrons. The Hall–Kier alpha value is -2.04. The summed E-state index contributed by atoms with van der Waals surface area (Å²) in [5.74, 6) is 0.866. The van der Waals surface area contributed by atoms with Gasteiger partial charge in [-0.15, -0.1) is 0 Å². The molecule has 1 aromatic carbocycles. The normalized spacial score (nSPS) is 17.1. The SMILES string of the molecule is CCOc1ccc(-n2c(C)c3c(c2C)[NH+]([O-])CC=C3C)cc1. The Bertz CT molecular complexity index is 727. The molecule has 0 bridgehead atoms. The van der Waals surface area contributed by atoms with Crippen LogP contribution in [0.3, 0.4) is 0 Å². The lowest BCUT2D eigenvalue weighted by molar-refractivity contribution is -0.770. The summed E-state index contributed by atoms with van der Waals surface area (Å²) in [5.41, 5.74) is 6.38. The second-order valence-corrected chi connectivity index (χ2v) is 5.70. The van der Waals surface area contributed by atoms with Gasteiger partial charge in [0.1, 0.15) is 12.3 Å². The number of quaternary nitrogens is 1. The summed E-state index contributed by atoms with van der Waals surface area (Å²) >= 11 is 0. The molecule has 2 heterocycles. The largest absolute Gasteiger partial charge is 0.629 e. The van der Waals surface area contributed by atoms with Crippen LogP contribution >= 0.6 is 0 Å². The minimum atomic E-state index is 0.214. The van der Waals surface area contributed by atoms with Crippen LogP contribution in [0.25, 0.3) is 11.3 Å². The fourth-order valence-corrected chi connectivity index (χ4v) is 3.36. The van der Waals surface area contributed by atoms with Gasteiger partial charge in [0.05, 0.1) is 17.9 Å². The van der Waals surface area contributed by atoms with Crippen molar-refractivity contribution < 1.29 is 9.80 Å². The summed E-state index contributed by atoms with van der Waals surface area (Å²) in [6.07, 6.45) is 2.03. The van der Waals surface area contributed by atoms with Gasteiger partial charge in [0.25, 0.3) is 0 Å². The number of aromatic nitrogens is 1. The molecule has 0 amide bonds. The standard InChI is InChI=1S/C18H22N2O2/c1-5-22-16-8-6-15(7-9-16)20-13(3)17-12(2)10-11-19(21)18(17)14(20)4/h6-10,19H,5,11H2,1-4H3. The zero-order valence-corrected chi connectivity index (χ0v) is 13.6. The number of allylic oxidation sites excluding steroid dienone is 1. The number of hydrogen-bond acceptors (Lipinski definition) is 2. The lowest BCUT2D eigenvalue weighted by atomic mass is 10.0. The lowest BCUT2D eigenvalue weighted by Gasteiger charge is -2.25. The monoisotopic (exact) mass is 298 g/mol. The Balaban J connectivity index is 2.12. The highest BCUT2D eigenvalue weighted by Crippen LogP contribution is 2.34. The molecule has 0 saturated carbocycles. The van der Waals surface area contributed by atoms with Crippen LogP contribution in [0.2, 0.25) is 0 Å². The Morgan fingerprint density at radius 2 is 1.82 bits per heavy atom. The van der Waals surface area contributed by atoms with Gasteiger partial charge in [-0.2, -0.15) is 0 Å². The van der Waals surface area contributed by atoms with Crippen molar-refractivity contribution in [3.63, 3.8) is 0 Å². The van der Waals surface area contributed by atoms with Gasteiger partial charge in [-0.25, -0.2) is 0 Å². The van der Waals surface area contributed by atoms with Crippen molar-refractivity contribution in [2.45, 2.75) is 27.7 Å². The first-order chi connectivity index (χ1) is 10.5. The molecule has 0 spiro atoms. The van der Waals surface area contributed by atoms with Crippen molar-refractivity contribution >= 4 is 11.3 Å². The third-order valence-corrected chi connectivity index (χ3v) is 4.32. The van der Waals surface area contributed by atoms with Gasteiger partial charge >= 0.3 is 0 Å². The zero-order valence-electron chi connectivity index (χ0n) is 13.6. The van der Waals surface area contributed by atoms with E-state index in [9.17, 15) is 5.21 Å². The molecular weight excluding hydrogens is 276 g/mol. The van der Waals surface area contributed by atoms with Crippen molar-refractivity contribution in [1.82, 2.24) is 4.57 Å². The first kappa shape index (κ1) is 14.9. The summed E-state index contributed by atoms with van der Waals surface area (Å²) in [5, 5.41) is 12.5. The third kappa shape index (κ3) is 2.25. The Morgan fingerprint density at radius 1 is 1.14 bits per heavy atom. The molecule has 3 rings (SSSR count). The summed E-state index contributed by atoms with van der Waals surface area (Å²) in [6.45, 7) is 9.33. The van der Waals surface area contributed by atoms with Crippen molar-refractivity contribution in [2.75, 3.05) is 13.2 Å². The molecule has 1 atom stereocenters. The van der Waals surface area contributed by atoms with E-state index < -0.39 is 0 Å². The number of hydrogen-bond donors (Lipinski definition) is 1. The number of rotatable bonds is 3. The van der Waals surface area contributed by atoms with Gasteiger partial charge in [0, 0.05) is 11.4 Å². The maximum absolute atomic E-state index is 12.3. The van der Waals surface area contributed by atoms with Crippen LogP contribution in [0, 0.1) is 19.1 Å². The molecule has 0 aliphatic carbocycles. The summed E-state index contributed by atoms with van der Waals surface area (Å²) < 4.78 is 7.67. The van der Waals surface area contributed by atoms with Gasteiger partial charge in [0.2, 0.25) is 0 Å². The zero-order chi connectivity index (χ0) is 15.9. The third-order valence-electron chi connectivity index (χ3n) is 4.32. The highest BCUT2D eigenvalue weighted by Gasteiger charge is 2.27. The maximum atomic E-state index is 12.3. The van der Waals surface area contributed by atoms with Crippen molar-refractivity contribution in [3.05, 3.63) is 52.5 Å². The van der Waals surface area contributed by atoms with Crippen LogP contribution in [0.1, 0.15) is 30.8 Å². The number of nitrogens with zero attached hydrogens (tertiary/aromatic N) is 1. The fourth-order valence-electron chi connectivity index (χ4n) is 3.36. The van der Waals surface area contributed by atoms with E-state index in [1.54, 1.807) is 0 Å². The molecular formula is C18H22N2O2. The van der Waals surface area contributed by atoms with Crippen LogP contribution in [0.4, 0.5) is 5.69 Å². The first-order valence-electron chi connectivity index (χ1n) is 7.70. The van der Waals surface area contributed by atoms with E-state index in [-0.39, 0.29) is 5.06 Å². The minimum absolute atomic E-state index is 0.214. The second-order valence-electron chi connectivity index (χ2n) is 5.70. The molecule has 1 aromatic heterocycles. The molecule has 4 nitrogen and oxygen atoms in total. The van der Waals surface area contributed by atoms with Crippen molar-refractivity contribution in [2.24, 2.45) is 0 Å². The topological polar surface area (TPSA) is 41.7 Å². The molecule has 4 heteroatoms. The van der Waals surface area contributed by atoms with E-state index in [0.29, 0.717) is 13.2 Å². The minimum Gasteiger partial charge on any atom is -0.629 e. The van der Waals surface area contributed by atoms with Gasteiger partial charge in [-0.1, -0.05) is 0 Å². The number of fused-ring (bicyclic) bond motifs is 1. The van der Waals surface area contributed by atoms with E-state index >= 15 is 0 Å². The van der Waals surface area contributed by atoms with Crippen LogP contribution in [-0.4, -0.2) is 17.7 Å². The number of benzene rings is 1.